The summed E-state index contributed by atoms with van der Waals surface area (Å²) in [7, 11) is 0. The second kappa shape index (κ2) is 3.65. The molecule has 4 heteroatoms. The third-order valence-corrected chi connectivity index (χ3v) is 1.76. The van der Waals surface area contributed by atoms with E-state index in [2.05, 4.69) is 6.58 Å². The molecule has 1 aromatic carbocycles. The molecule has 0 aliphatic rings. The van der Waals surface area contributed by atoms with Gasteiger partial charge in [0.05, 0.1) is 5.56 Å². The van der Waals surface area contributed by atoms with Crippen molar-refractivity contribution in [3.05, 3.63) is 41.2 Å². The van der Waals surface area contributed by atoms with Crippen LogP contribution >= 0.6 is 0 Å². The minimum Gasteiger partial charge on any atom is -0.294 e. The van der Waals surface area contributed by atoms with E-state index in [1.807, 2.05) is 0 Å². The molecule has 0 saturated heterocycles. The number of hydrogen-bond donors (Lipinski definition) is 0. The molecule has 0 amide bonds. The summed E-state index contributed by atoms with van der Waals surface area (Å²) in [6, 6.07) is 0.738. The van der Waals surface area contributed by atoms with E-state index in [-0.39, 0.29) is 5.56 Å². The van der Waals surface area contributed by atoms with Crippen molar-refractivity contribution in [3.63, 3.8) is 0 Å². The van der Waals surface area contributed by atoms with E-state index in [0.717, 1.165) is 19.1 Å². The van der Waals surface area contributed by atoms with E-state index < -0.39 is 28.8 Å². The first kappa shape index (κ1) is 10.5. The average Bonchev–Trinajstić information content (AvgIpc) is 2.10. The monoisotopic (exact) mass is 200 g/mol. The highest BCUT2D eigenvalue weighted by Gasteiger charge is 2.20. The summed E-state index contributed by atoms with van der Waals surface area (Å²) in [6.07, 6.45) is 0.978. The summed E-state index contributed by atoms with van der Waals surface area (Å²) in [6.45, 7) is 4.16. The molecule has 0 bridgehead atoms. The Balaban J connectivity index is 3.56. The van der Waals surface area contributed by atoms with Gasteiger partial charge in [-0.3, -0.25) is 4.79 Å². The summed E-state index contributed by atoms with van der Waals surface area (Å²) in [5, 5.41) is 0. The fourth-order valence-electron chi connectivity index (χ4n) is 1.08. The highest BCUT2D eigenvalue weighted by Crippen LogP contribution is 2.21. The molecule has 0 aromatic heterocycles. The molecule has 0 unspecified atom stereocenters. The lowest BCUT2D eigenvalue weighted by atomic mass is 10.1. The van der Waals surface area contributed by atoms with Crippen molar-refractivity contribution in [3.8, 4) is 0 Å². The van der Waals surface area contributed by atoms with Crippen molar-refractivity contribution < 1.29 is 18.0 Å². The van der Waals surface area contributed by atoms with Gasteiger partial charge in [0, 0.05) is 5.56 Å². The third kappa shape index (κ3) is 1.55. The largest absolute Gasteiger partial charge is 0.294 e. The van der Waals surface area contributed by atoms with Gasteiger partial charge in [-0.15, -0.1) is 0 Å². The van der Waals surface area contributed by atoms with Crippen molar-refractivity contribution in [2.75, 3.05) is 0 Å². The van der Waals surface area contributed by atoms with Gasteiger partial charge in [0.2, 0.25) is 0 Å². The Morgan fingerprint density at radius 3 is 2.36 bits per heavy atom. The van der Waals surface area contributed by atoms with Crippen molar-refractivity contribution in [1.82, 2.24) is 0 Å². The number of benzene rings is 1. The molecule has 1 nitrogen and oxygen atoms in total. The molecule has 0 N–H and O–H groups in total. The Labute approximate surface area is 78.9 Å². The summed E-state index contributed by atoms with van der Waals surface area (Å²) in [5.41, 5.74) is -1.15. The van der Waals surface area contributed by atoms with Gasteiger partial charge in [0.15, 0.2) is 17.4 Å². The zero-order valence-electron chi connectivity index (χ0n) is 7.40. The molecule has 1 aromatic rings. The third-order valence-electron chi connectivity index (χ3n) is 1.76. The van der Waals surface area contributed by atoms with Crippen LogP contribution in [0, 0.1) is 17.5 Å². The second-order valence-corrected chi connectivity index (χ2v) is 2.71. The zero-order valence-corrected chi connectivity index (χ0v) is 7.40. The van der Waals surface area contributed by atoms with Gasteiger partial charge in [0.25, 0.3) is 0 Å². The highest BCUT2D eigenvalue weighted by atomic mass is 19.2. The van der Waals surface area contributed by atoms with Crippen LogP contribution in [0.5, 0.6) is 0 Å². The van der Waals surface area contributed by atoms with Gasteiger partial charge in [-0.05, 0) is 13.0 Å². The van der Waals surface area contributed by atoms with Gasteiger partial charge in [0.1, 0.15) is 5.82 Å². The molecule has 74 valence electrons. The SMILES string of the molecule is C=Cc1cc(F)c(C(C)=O)c(F)c1F. The van der Waals surface area contributed by atoms with Gasteiger partial charge in [-0.2, -0.15) is 0 Å². The van der Waals surface area contributed by atoms with Gasteiger partial charge >= 0.3 is 0 Å². The van der Waals surface area contributed by atoms with E-state index in [9.17, 15) is 18.0 Å². The minimum absolute atomic E-state index is 0.301. The molecule has 0 atom stereocenters. The fraction of sp³-hybridized carbons (Fsp3) is 0.100. The fourth-order valence-corrected chi connectivity index (χ4v) is 1.08. The van der Waals surface area contributed by atoms with E-state index in [4.69, 9.17) is 0 Å². The Morgan fingerprint density at radius 2 is 1.93 bits per heavy atom. The number of halogens is 3. The molecular formula is C10H7F3O. The van der Waals surface area contributed by atoms with Crippen molar-refractivity contribution in [2.45, 2.75) is 6.92 Å². The average molecular weight is 200 g/mol. The number of rotatable bonds is 2. The Morgan fingerprint density at radius 1 is 1.36 bits per heavy atom. The summed E-state index contributed by atoms with van der Waals surface area (Å²) < 4.78 is 39.2. The summed E-state index contributed by atoms with van der Waals surface area (Å²) in [4.78, 5) is 10.8. The number of carbonyl (C=O) groups is 1. The maximum atomic E-state index is 13.1. The molecule has 0 spiro atoms. The Hall–Kier alpha value is -1.58. The first-order valence-electron chi connectivity index (χ1n) is 3.80. The van der Waals surface area contributed by atoms with Crippen LogP contribution in [0.2, 0.25) is 0 Å². The van der Waals surface area contributed by atoms with Gasteiger partial charge < -0.3 is 0 Å². The first-order chi connectivity index (χ1) is 6.49. The Bertz CT molecular complexity index is 410. The van der Waals surface area contributed by atoms with Crippen LogP contribution in [-0.2, 0) is 0 Å². The second-order valence-electron chi connectivity index (χ2n) is 2.71. The van der Waals surface area contributed by atoms with E-state index >= 15 is 0 Å². The summed E-state index contributed by atoms with van der Waals surface area (Å²) >= 11 is 0. The molecule has 0 fully saturated rings. The van der Waals surface area contributed by atoms with E-state index in [1.165, 1.54) is 0 Å². The predicted octanol–water partition coefficient (Wildman–Crippen LogP) is 2.95. The maximum absolute atomic E-state index is 13.1. The minimum atomic E-state index is -1.47. The smallest absolute Gasteiger partial charge is 0.173 e. The van der Waals surface area contributed by atoms with Gasteiger partial charge in [-0.1, -0.05) is 12.7 Å². The van der Waals surface area contributed by atoms with Crippen molar-refractivity contribution >= 4 is 11.9 Å². The van der Waals surface area contributed by atoms with Crippen LogP contribution < -0.4 is 0 Å². The lowest BCUT2D eigenvalue weighted by Gasteiger charge is -2.04. The van der Waals surface area contributed by atoms with Crippen LogP contribution in [0.3, 0.4) is 0 Å². The Kier molecular flexibility index (Phi) is 2.74. The highest BCUT2D eigenvalue weighted by molar-refractivity contribution is 5.94. The van der Waals surface area contributed by atoms with Crippen molar-refractivity contribution in [1.29, 1.82) is 0 Å². The molecular weight excluding hydrogens is 193 g/mol. The number of Topliss-reactive ketones (excluding diaryl/α,β-unsaturated/α-hetero) is 1. The first-order valence-corrected chi connectivity index (χ1v) is 3.80. The number of carbonyl (C=O) groups excluding carboxylic acids is 1. The van der Waals surface area contributed by atoms with Crippen LogP contribution in [0.4, 0.5) is 13.2 Å². The number of hydrogen-bond acceptors (Lipinski definition) is 1. The standard InChI is InChI=1S/C10H7F3O/c1-3-6-4-7(11)8(5(2)14)10(13)9(6)12/h3-4H,1H2,2H3. The molecule has 0 saturated carbocycles. The number of ketones is 1. The quantitative estimate of drug-likeness (QED) is 0.529. The predicted molar refractivity (Wildman–Crippen MR) is 46.4 cm³/mol. The van der Waals surface area contributed by atoms with Crippen LogP contribution in [0.25, 0.3) is 6.08 Å². The van der Waals surface area contributed by atoms with Gasteiger partial charge in [-0.25, -0.2) is 13.2 Å². The normalized spacial score (nSPS) is 10.0. The maximum Gasteiger partial charge on any atom is 0.173 e. The molecule has 0 aliphatic heterocycles. The molecule has 0 radical (unpaired) electrons. The topological polar surface area (TPSA) is 17.1 Å². The lowest BCUT2D eigenvalue weighted by molar-refractivity contribution is 0.100. The molecule has 14 heavy (non-hydrogen) atoms. The lowest BCUT2D eigenvalue weighted by Crippen LogP contribution is -2.05. The van der Waals surface area contributed by atoms with Crippen LogP contribution in [0.1, 0.15) is 22.8 Å². The summed E-state index contributed by atoms with van der Waals surface area (Å²) in [5.74, 6) is -4.65. The zero-order chi connectivity index (χ0) is 10.9. The van der Waals surface area contributed by atoms with Crippen LogP contribution in [-0.4, -0.2) is 5.78 Å². The molecule has 0 heterocycles. The van der Waals surface area contributed by atoms with E-state index in [1.54, 1.807) is 0 Å². The van der Waals surface area contributed by atoms with Crippen molar-refractivity contribution in [2.24, 2.45) is 0 Å². The molecule has 1 rings (SSSR count). The van der Waals surface area contributed by atoms with E-state index in [0.29, 0.717) is 0 Å². The van der Waals surface area contributed by atoms with Crippen LogP contribution in [0.15, 0.2) is 12.6 Å². The molecule has 0 aliphatic carbocycles.